The van der Waals surface area contributed by atoms with E-state index in [1.54, 1.807) is 30.4 Å². The van der Waals surface area contributed by atoms with Crippen LogP contribution in [0.5, 0.6) is 6.01 Å². The molecule has 3 rings (SSSR count). The molecule has 1 N–H and O–H groups in total. The van der Waals surface area contributed by atoms with Gasteiger partial charge in [-0.25, -0.2) is 14.8 Å². The van der Waals surface area contributed by atoms with E-state index in [4.69, 9.17) is 4.74 Å². The molecule has 1 atom stereocenters. The number of nitrogens with zero attached hydrogens (tertiary/aromatic N) is 4. The highest BCUT2D eigenvalue weighted by Crippen LogP contribution is 2.16. The number of aromatic nitrogens is 2. The lowest BCUT2D eigenvalue weighted by Crippen LogP contribution is -2.53. The molecular formula is C16H23N5O3. The van der Waals surface area contributed by atoms with Crippen LogP contribution < -0.4 is 10.1 Å². The molecule has 3 amide bonds. The van der Waals surface area contributed by atoms with E-state index in [0.29, 0.717) is 38.5 Å². The van der Waals surface area contributed by atoms with Crippen molar-refractivity contribution in [3.05, 3.63) is 18.5 Å². The molecule has 24 heavy (non-hydrogen) atoms. The van der Waals surface area contributed by atoms with Crippen molar-refractivity contribution in [2.24, 2.45) is 0 Å². The van der Waals surface area contributed by atoms with Gasteiger partial charge in [0.2, 0.25) is 5.91 Å². The molecule has 0 bridgehead atoms. The number of carbonyl (C=O) groups excluding carboxylic acids is 2. The Kier molecular flexibility index (Phi) is 5.12. The molecular weight excluding hydrogens is 310 g/mol. The summed E-state index contributed by atoms with van der Waals surface area (Å²) in [5.74, 6) is 0.140. The van der Waals surface area contributed by atoms with Crippen molar-refractivity contribution in [1.82, 2.24) is 25.1 Å². The van der Waals surface area contributed by atoms with Crippen LogP contribution in [0.2, 0.25) is 0 Å². The van der Waals surface area contributed by atoms with Gasteiger partial charge in [-0.05, 0) is 12.5 Å². The number of ether oxygens (including phenoxy) is 1. The van der Waals surface area contributed by atoms with Crippen molar-refractivity contribution in [2.75, 3.05) is 26.7 Å². The van der Waals surface area contributed by atoms with E-state index in [1.807, 2.05) is 4.90 Å². The molecule has 8 nitrogen and oxygen atoms in total. The fraction of sp³-hybridized carbons (Fsp3) is 0.625. The number of amides is 3. The van der Waals surface area contributed by atoms with Crippen LogP contribution in [0.15, 0.2) is 18.5 Å². The second kappa shape index (κ2) is 7.46. The van der Waals surface area contributed by atoms with E-state index in [2.05, 4.69) is 15.3 Å². The van der Waals surface area contributed by atoms with Crippen molar-refractivity contribution >= 4 is 11.9 Å². The van der Waals surface area contributed by atoms with Crippen molar-refractivity contribution < 1.29 is 14.3 Å². The number of likely N-dealkylation sites (N-methyl/N-ethyl adjacent to an activating group) is 1. The maximum absolute atomic E-state index is 12.4. The number of hydrogen-bond acceptors (Lipinski definition) is 5. The Morgan fingerprint density at radius 1 is 1.25 bits per heavy atom. The molecule has 3 heterocycles. The summed E-state index contributed by atoms with van der Waals surface area (Å²) in [6, 6.07) is 2.11. The van der Waals surface area contributed by atoms with Gasteiger partial charge in [0.15, 0.2) is 0 Å². The molecule has 0 aliphatic carbocycles. The SMILES string of the molecule is CN1CC(NC(=O)N2CCC(Oc3ncccn3)CC2)CCC1=O. The smallest absolute Gasteiger partial charge is 0.317 e. The molecule has 130 valence electrons. The largest absolute Gasteiger partial charge is 0.460 e. The van der Waals surface area contributed by atoms with E-state index in [1.165, 1.54) is 0 Å². The zero-order valence-electron chi connectivity index (χ0n) is 13.9. The van der Waals surface area contributed by atoms with Gasteiger partial charge in [-0.1, -0.05) is 0 Å². The zero-order valence-corrected chi connectivity index (χ0v) is 13.9. The van der Waals surface area contributed by atoms with Gasteiger partial charge < -0.3 is 19.9 Å². The normalized spacial score (nSPS) is 22.4. The standard InChI is InChI=1S/C16H23N5O3/c1-20-11-12(3-4-14(20)22)19-16(23)21-9-5-13(6-10-21)24-15-17-7-2-8-18-15/h2,7-8,12-13H,3-6,9-11H2,1H3,(H,19,23). The minimum Gasteiger partial charge on any atom is -0.460 e. The lowest BCUT2D eigenvalue weighted by Gasteiger charge is -2.35. The van der Waals surface area contributed by atoms with Crippen molar-refractivity contribution in [3.63, 3.8) is 0 Å². The molecule has 0 saturated carbocycles. The summed E-state index contributed by atoms with van der Waals surface area (Å²) in [4.78, 5) is 35.5. The predicted octanol–water partition coefficient (Wildman–Crippen LogP) is 0.650. The quantitative estimate of drug-likeness (QED) is 0.877. The maximum Gasteiger partial charge on any atom is 0.317 e. The summed E-state index contributed by atoms with van der Waals surface area (Å²) in [5.41, 5.74) is 0. The van der Waals surface area contributed by atoms with Crippen molar-refractivity contribution in [3.8, 4) is 6.01 Å². The minimum absolute atomic E-state index is 0.0342. The summed E-state index contributed by atoms with van der Waals surface area (Å²) in [5, 5.41) is 3.03. The molecule has 2 saturated heterocycles. The highest BCUT2D eigenvalue weighted by atomic mass is 16.5. The van der Waals surface area contributed by atoms with Gasteiger partial charge in [0.25, 0.3) is 0 Å². The van der Waals surface area contributed by atoms with E-state index in [9.17, 15) is 9.59 Å². The van der Waals surface area contributed by atoms with Gasteiger partial charge in [-0.3, -0.25) is 4.79 Å². The predicted molar refractivity (Wildman–Crippen MR) is 86.4 cm³/mol. The van der Waals surface area contributed by atoms with Gasteiger partial charge >= 0.3 is 12.0 Å². The first-order chi connectivity index (χ1) is 11.6. The van der Waals surface area contributed by atoms with Gasteiger partial charge in [0.1, 0.15) is 6.10 Å². The highest BCUT2D eigenvalue weighted by molar-refractivity contribution is 5.78. The van der Waals surface area contributed by atoms with Crippen LogP contribution in [-0.4, -0.2) is 70.5 Å². The summed E-state index contributed by atoms with van der Waals surface area (Å²) in [6.07, 6.45) is 6.06. The number of piperidine rings is 2. The molecule has 8 heteroatoms. The lowest BCUT2D eigenvalue weighted by atomic mass is 10.1. The maximum atomic E-state index is 12.4. The number of likely N-dealkylation sites (tertiary alicyclic amines) is 2. The molecule has 0 aromatic carbocycles. The first-order valence-corrected chi connectivity index (χ1v) is 8.35. The molecule has 0 spiro atoms. The van der Waals surface area contributed by atoms with E-state index in [-0.39, 0.29) is 24.1 Å². The molecule has 1 unspecified atom stereocenters. The molecule has 1 aromatic rings. The van der Waals surface area contributed by atoms with Crippen LogP contribution >= 0.6 is 0 Å². The van der Waals surface area contributed by atoms with Crippen LogP contribution in [0.4, 0.5) is 4.79 Å². The first kappa shape index (κ1) is 16.5. The Morgan fingerprint density at radius 2 is 1.96 bits per heavy atom. The third kappa shape index (κ3) is 4.12. The lowest BCUT2D eigenvalue weighted by molar-refractivity contribution is -0.132. The number of carbonyl (C=O) groups is 2. The second-order valence-corrected chi connectivity index (χ2v) is 6.29. The van der Waals surface area contributed by atoms with Gasteiger partial charge in [-0.15, -0.1) is 0 Å². The van der Waals surface area contributed by atoms with Crippen LogP contribution in [0.1, 0.15) is 25.7 Å². The monoisotopic (exact) mass is 333 g/mol. The van der Waals surface area contributed by atoms with Crippen LogP contribution in [-0.2, 0) is 4.79 Å². The third-order valence-electron chi connectivity index (χ3n) is 4.50. The Hall–Kier alpha value is -2.38. The Labute approximate surface area is 141 Å². The first-order valence-electron chi connectivity index (χ1n) is 8.35. The fourth-order valence-electron chi connectivity index (χ4n) is 3.07. The van der Waals surface area contributed by atoms with Crippen LogP contribution in [0.25, 0.3) is 0 Å². The van der Waals surface area contributed by atoms with Gasteiger partial charge in [0, 0.05) is 64.4 Å². The van der Waals surface area contributed by atoms with E-state index in [0.717, 1.165) is 12.8 Å². The average Bonchev–Trinajstić information content (AvgIpc) is 2.60. The Balaban J connectivity index is 1.43. The molecule has 0 radical (unpaired) electrons. The number of rotatable bonds is 3. The summed E-state index contributed by atoms with van der Waals surface area (Å²) in [6.45, 7) is 1.87. The Bertz CT molecular complexity index is 574. The average molecular weight is 333 g/mol. The number of hydrogen-bond donors (Lipinski definition) is 1. The number of urea groups is 1. The molecule has 1 aromatic heterocycles. The van der Waals surface area contributed by atoms with Crippen LogP contribution in [0.3, 0.4) is 0 Å². The minimum atomic E-state index is -0.0582. The molecule has 2 aliphatic rings. The highest BCUT2D eigenvalue weighted by Gasteiger charge is 2.28. The van der Waals surface area contributed by atoms with Crippen LogP contribution in [0, 0.1) is 0 Å². The summed E-state index contributed by atoms with van der Waals surface area (Å²) in [7, 11) is 1.77. The van der Waals surface area contributed by atoms with Gasteiger partial charge in [0.05, 0.1) is 0 Å². The number of nitrogens with one attached hydrogen (secondary N) is 1. The summed E-state index contributed by atoms with van der Waals surface area (Å²) >= 11 is 0. The van der Waals surface area contributed by atoms with E-state index < -0.39 is 0 Å². The third-order valence-corrected chi connectivity index (χ3v) is 4.50. The van der Waals surface area contributed by atoms with E-state index >= 15 is 0 Å². The Morgan fingerprint density at radius 3 is 2.62 bits per heavy atom. The topological polar surface area (TPSA) is 87.7 Å². The van der Waals surface area contributed by atoms with Gasteiger partial charge in [-0.2, -0.15) is 0 Å². The zero-order chi connectivity index (χ0) is 16.9. The van der Waals surface area contributed by atoms with Crippen molar-refractivity contribution in [1.29, 1.82) is 0 Å². The summed E-state index contributed by atoms with van der Waals surface area (Å²) < 4.78 is 5.73. The molecule has 2 fully saturated rings. The second-order valence-electron chi connectivity index (χ2n) is 6.29. The fourth-order valence-corrected chi connectivity index (χ4v) is 3.07. The molecule has 2 aliphatic heterocycles. The van der Waals surface area contributed by atoms with Crippen molar-refractivity contribution in [2.45, 2.75) is 37.8 Å².